The van der Waals surface area contributed by atoms with Gasteiger partial charge in [-0.3, -0.25) is 9.59 Å². The molecule has 0 bridgehead atoms. The van der Waals surface area contributed by atoms with Crippen molar-refractivity contribution in [3.63, 3.8) is 0 Å². The SMILES string of the molecule is CCOC(=O)CCC(=O)NC1CCC1. The zero-order valence-corrected chi connectivity index (χ0v) is 8.54. The molecule has 4 nitrogen and oxygen atoms in total. The lowest BCUT2D eigenvalue weighted by Crippen LogP contribution is -2.39. The summed E-state index contributed by atoms with van der Waals surface area (Å²) in [7, 11) is 0. The molecule has 1 amide bonds. The predicted octanol–water partition coefficient (Wildman–Crippen LogP) is 0.998. The highest BCUT2D eigenvalue weighted by molar-refractivity contribution is 5.81. The maximum atomic E-state index is 11.2. The van der Waals surface area contributed by atoms with Crippen LogP contribution in [0.5, 0.6) is 0 Å². The number of esters is 1. The molecule has 1 aliphatic rings. The molecule has 0 spiro atoms. The fraction of sp³-hybridized carbons (Fsp3) is 0.800. The molecule has 0 unspecified atom stereocenters. The molecule has 1 rings (SSSR count). The lowest BCUT2D eigenvalue weighted by Gasteiger charge is -2.26. The fourth-order valence-electron chi connectivity index (χ4n) is 1.30. The van der Waals surface area contributed by atoms with Gasteiger partial charge in [0.1, 0.15) is 0 Å². The first-order chi connectivity index (χ1) is 6.72. The Labute approximate surface area is 84.0 Å². The van der Waals surface area contributed by atoms with Gasteiger partial charge in [0.15, 0.2) is 0 Å². The van der Waals surface area contributed by atoms with Crippen molar-refractivity contribution in [1.29, 1.82) is 0 Å². The summed E-state index contributed by atoms with van der Waals surface area (Å²) < 4.78 is 4.72. The monoisotopic (exact) mass is 199 g/mol. The van der Waals surface area contributed by atoms with Crippen LogP contribution in [0.3, 0.4) is 0 Å². The van der Waals surface area contributed by atoms with E-state index in [4.69, 9.17) is 4.74 Å². The summed E-state index contributed by atoms with van der Waals surface area (Å²) in [5.74, 6) is -0.334. The van der Waals surface area contributed by atoms with Crippen LogP contribution in [-0.4, -0.2) is 24.5 Å². The quantitative estimate of drug-likeness (QED) is 0.672. The van der Waals surface area contributed by atoms with E-state index in [1.54, 1.807) is 6.92 Å². The second-order valence-corrected chi connectivity index (χ2v) is 3.50. The van der Waals surface area contributed by atoms with Crippen LogP contribution in [-0.2, 0) is 14.3 Å². The maximum absolute atomic E-state index is 11.2. The molecule has 0 aromatic heterocycles. The van der Waals surface area contributed by atoms with E-state index in [2.05, 4.69) is 5.32 Å². The van der Waals surface area contributed by atoms with E-state index >= 15 is 0 Å². The van der Waals surface area contributed by atoms with Crippen LogP contribution in [0, 0.1) is 0 Å². The first kappa shape index (κ1) is 11.0. The van der Waals surface area contributed by atoms with E-state index in [1.807, 2.05) is 0 Å². The second kappa shape index (κ2) is 5.62. The lowest BCUT2D eigenvalue weighted by atomic mass is 9.93. The van der Waals surface area contributed by atoms with Crippen LogP contribution in [0.4, 0.5) is 0 Å². The number of rotatable bonds is 5. The minimum absolute atomic E-state index is 0.0391. The smallest absolute Gasteiger partial charge is 0.306 e. The Bertz CT molecular complexity index is 211. The van der Waals surface area contributed by atoms with Crippen molar-refractivity contribution in [2.24, 2.45) is 0 Å². The van der Waals surface area contributed by atoms with Crippen molar-refractivity contribution in [2.75, 3.05) is 6.61 Å². The minimum atomic E-state index is -0.295. The van der Waals surface area contributed by atoms with E-state index < -0.39 is 0 Å². The summed E-state index contributed by atoms with van der Waals surface area (Å²) in [6.45, 7) is 2.13. The molecule has 80 valence electrons. The Hall–Kier alpha value is -1.06. The first-order valence-corrected chi connectivity index (χ1v) is 5.17. The topological polar surface area (TPSA) is 55.4 Å². The van der Waals surface area contributed by atoms with Crippen LogP contribution in [0.2, 0.25) is 0 Å². The zero-order chi connectivity index (χ0) is 10.4. The molecule has 1 N–H and O–H groups in total. The van der Waals surface area contributed by atoms with Crippen molar-refractivity contribution in [3.05, 3.63) is 0 Å². The predicted molar refractivity (Wildman–Crippen MR) is 51.6 cm³/mol. The standard InChI is InChI=1S/C10H17NO3/c1-2-14-10(13)7-6-9(12)11-8-4-3-5-8/h8H,2-7H2,1H3,(H,11,12). The molecule has 0 atom stereocenters. The minimum Gasteiger partial charge on any atom is -0.466 e. The second-order valence-electron chi connectivity index (χ2n) is 3.50. The highest BCUT2D eigenvalue weighted by atomic mass is 16.5. The molecule has 1 saturated carbocycles. The third-order valence-electron chi connectivity index (χ3n) is 2.33. The van der Waals surface area contributed by atoms with E-state index in [0.29, 0.717) is 12.6 Å². The molecule has 0 saturated heterocycles. The van der Waals surface area contributed by atoms with E-state index in [1.165, 1.54) is 6.42 Å². The summed E-state index contributed by atoms with van der Waals surface area (Å²) in [5, 5.41) is 2.87. The highest BCUT2D eigenvalue weighted by Crippen LogP contribution is 2.17. The zero-order valence-electron chi connectivity index (χ0n) is 8.54. The lowest BCUT2D eigenvalue weighted by molar-refractivity contribution is -0.144. The summed E-state index contributed by atoms with van der Waals surface area (Å²) in [6, 6.07) is 0.352. The fourth-order valence-corrected chi connectivity index (χ4v) is 1.30. The molecule has 0 aliphatic heterocycles. The molecule has 0 aromatic rings. The van der Waals surface area contributed by atoms with Crippen LogP contribution in [0.25, 0.3) is 0 Å². The van der Waals surface area contributed by atoms with Gasteiger partial charge in [-0.2, -0.15) is 0 Å². The number of carbonyl (C=O) groups excluding carboxylic acids is 2. The molecule has 0 heterocycles. The van der Waals surface area contributed by atoms with Gasteiger partial charge in [-0.1, -0.05) is 0 Å². The van der Waals surface area contributed by atoms with E-state index in [0.717, 1.165) is 12.8 Å². The number of hydrogen-bond acceptors (Lipinski definition) is 3. The molecule has 4 heteroatoms. The first-order valence-electron chi connectivity index (χ1n) is 5.17. The van der Waals surface area contributed by atoms with Gasteiger partial charge < -0.3 is 10.1 Å². The van der Waals surface area contributed by atoms with Gasteiger partial charge in [0, 0.05) is 12.5 Å². The van der Waals surface area contributed by atoms with Crippen LogP contribution in [0.1, 0.15) is 39.0 Å². The molecule has 0 radical (unpaired) electrons. The van der Waals surface area contributed by atoms with Gasteiger partial charge >= 0.3 is 5.97 Å². The van der Waals surface area contributed by atoms with Gasteiger partial charge in [0.2, 0.25) is 5.91 Å². The van der Waals surface area contributed by atoms with Gasteiger partial charge in [-0.05, 0) is 26.2 Å². The third kappa shape index (κ3) is 3.77. The third-order valence-corrected chi connectivity index (χ3v) is 2.33. The summed E-state index contributed by atoms with van der Waals surface area (Å²) >= 11 is 0. The Morgan fingerprint density at radius 3 is 2.57 bits per heavy atom. The summed E-state index contributed by atoms with van der Waals surface area (Å²) in [6.07, 6.45) is 3.78. The van der Waals surface area contributed by atoms with Crippen molar-refractivity contribution in [1.82, 2.24) is 5.32 Å². The van der Waals surface area contributed by atoms with Gasteiger partial charge in [-0.25, -0.2) is 0 Å². The molecule has 1 fully saturated rings. The van der Waals surface area contributed by atoms with Gasteiger partial charge in [0.25, 0.3) is 0 Å². The average molecular weight is 199 g/mol. The molecular weight excluding hydrogens is 182 g/mol. The Balaban J connectivity index is 2.04. The Morgan fingerprint density at radius 2 is 2.07 bits per heavy atom. The molecular formula is C10H17NO3. The number of carbonyl (C=O) groups is 2. The number of amides is 1. The van der Waals surface area contributed by atoms with Crippen molar-refractivity contribution in [3.8, 4) is 0 Å². The molecule has 1 aliphatic carbocycles. The van der Waals surface area contributed by atoms with Crippen molar-refractivity contribution in [2.45, 2.75) is 45.1 Å². The van der Waals surface area contributed by atoms with E-state index in [-0.39, 0.29) is 24.7 Å². The normalized spacial score (nSPS) is 15.8. The highest BCUT2D eigenvalue weighted by Gasteiger charge is 2.19. The Kier molecular flexibility index (Phi) is 4.43. The summed E-state index contributed by atoms with van der Waals surface area (Å²) in [4.78, 5) is 22.2. The van der Waals surface area contributed by atoms with Crippen LogP contribution < -0.4 is 5.32 Å². The maximum Gasteiger partial charge on any atom is 0.306 e. The average Bonchev–Trinajstić information content (AvgIpc) is 2.09. The number of hydrogen-bond donors (Lipinski definition) is 1. The number of nitrogens with one attached hydrogen (secondary N) is 1. The summed E-state index contributed by atoms with van der Waals surface area (Å²) in [5.41, 5.74) is 0. The van der Waals surface area contributed by atoms with Crippen LogP contribution in [0.15, 0.2) is 0 Å². The van der Waals surface area contributed by atoms with Crippen LogP contribution >= 0.6 is 0 Å². The van der Waals surface area contributed by atoms with Gasteiger partial charge in [-0.15, -0.1) is 0 Å². The Morgan fingerprint density at radius 1 is 1.36 bits per heavy atom. The largest absolute Gasteiger partial charge is 0.466 e. The van der Waals surface area contributed by atoms with Gasteiger partial charge in [0.05, 0.1) is 13.0 Å². The van der Waals surface area contributed by atoms with E-state index in [9.17, 15) is 9.59 Å². The van der Waals surface area contributed by atoms with Crippen molar-refractivity contribution >= 4 is 11.9 Å². The van der Waals surface area contributed by atoms with Crippen molar-refractivity contribution < 1.29 is 14.3 Å². The molecule has 14 heavy (non-hydrogen) atoms. The molecule has 0 aromatic carbocycles. The number of ether oxygens (including phenoxy) is 1.